The molecule has 1 aromatic carbocycles. The number of hydrogen-bond acceptors (Lipinski definition) is 3. The molecule has 0 aliphatic rings. The zero-order valence-electron chi connectivity index (χ0n) is 11.9. The monoisotopic (exact) mass is 259 g/mol. The Kier molecular flexibility index (Phi) is 4.22. The maximum atomic E-state index is 5.40. The lowest BCUT2D eigenvalue weighted by atomic mass is 10.1. The Morgan fingerprint density at radius 3 is 2.58 bits per heavy atom. The van der Waals surface area contributed by atoms with Crippen molar-refractivity contribution in [2.45, 2.75) is 25.9 Å². The quantitative estimate of drug-likeness (QED) is 0.897. The van der Waals surface area contributed by atoms with Gasteiger partial charge in [0.2, 0.25) is 0 Å². The molecule has 0 fully saturated rings. The first-order chi connectivity index (χ1) is 9.11. The second-order valence-electron chi connectivity index (χ2n) is 4.80. The molecule has 19 heavy (non-hydrogen) atoms. The summed E-state index contributed by atoms with van der Waals surface area (Å²) in [6, 6.07) is 8.55. The molecule has 0 spiro atoms. The molecule has 0 bridgehead atoms. The van der Waals surface area contributed by atoms with E-state index in [1.807, 2.05) is 42.3 Å². The van der Waals surface area contributed by atoms with E-state index in [9.17, 15) is 0 Å². The van der Waals surface area contributed by atoms with Crippen molar-refractivity contribution in [1.82, 2.24) is 15.1 Å². The van der Waals surface area contributed by atoms with Gasteiger partial charge < -0.3 is 10.1 Å². The van der Waals surface area contributed by atoms with Gasteiger partial charge in [-0.3, -0.25) is 4.68 Å². The summed E-state index contributed by atoms with van der Waals surface area (Å²) >= 11 is 0. The third kappa shape index (κ3) is 3.15. The number of methoxy groups -OCH3 is 1. The highest BCUT2D eigenvalue weighted by Gasteiger charge is 2.15. The second kappa shape index (κ2) is 5.89. The van der Waals surface area contributed by atoms with E-state index in [0.717, 1.165) is 5.75 Å². The van der Waals surface area contributed by atoms with E-state index in [1.165, 1.54) is 11.1 Å². The SMILES string of the molecule is COc1ccccc1C(C)NC(C)c1cnn(C)c1. The van der Waals surface area contributed by atoms with Crippen LogP contribution in [0.4, 0.5) is 0 Å². The molecule has 4 nitrogen and oxygen atoms in total. The molecule has 2 rings (SSSR count). The van der Waals surface area contributed by atoms with Crippen molar-refractivity contribution in [3.05, 3.63) is 47.8 Å². The topological polar surface area (TPSA) is 39.1 Å². The van der Waals surface area contributed by atoms with Crippen molar-refractivity contribution in [3.8, 4) is 5.75 Å². The summed E-state index contributed by atoms with van der Waals surface area (Å²) in [5.74, 6) is 0.917. The second-order valence-corrected chi connectivity index (χ2v) is 4.80. The van der Waals surface area contributed by atoms with Crippen molar-refractivity contribution in [2.75, 3.05) is 7.11 Å². The van der Waals surface area contributed by atoms with Crippen molar-refractivity contribution in [2.24, 2.45) is 7.05 Å². The van der Waals surface area contributed by atoms with Crippen LogP contribution < -0.4 is 10.1 Å². The van der Waals surface area contributed by atoms with Crippen LogP contribution in [0, 0.1) is 0 Å². The molecule has 102 valence electrons. The minimum Gasteiger partial charge on any atom is -0.496 e. The van der Waals surface area contributed by atoms with Crippen LogP contribution in [0.5, 0.6) is 5.75 Å². The Morgan fingerprint density at radius 1 is 1.21 bits per heavy atom. The molecular formula is C15H21N3O. The molecule has 0 radical (unpaired) electrons. The molecule has 1 heterocycles. The van der Waals surface area contributed by atoms with E-state index < -0.39 is 0 Å². The summed E-state index contributed by atoms with van der Waals surface area (Å²) in [5, 5.41) is 7.77. The maximum absolute atomic E-state index is 5.40. The molecule has 0 aliphatic carbocycles. The summed E-state index contributed by atoms with van der Waals surface area (Å²) in [5.41, 5.74) is 2.35. The smallest absolute Gasteiger partial charge is 0.123 e. The van der Waals surface area contributed by atoms with Crippen LogP contribution in [0.25, 0.3) is 0 Å². The molecule has 0 aliphatic heterocycles. The van der Waals surface area contributed by atoms with Crippen LogP contribution in [-0.2, 0) is 7.05 Å². The summed E-state index contributed by atoms with van der Waals surface area (Å²) in [6.07, 6.45) is 3.93. The van der Waals surface area contributed by atoms with Crippen LogP contribution in [-0.4, -0.2) is 16.9 Å². The van der Waals surface area contributed by atoms with Gasteiger partial charge in [-0.15, -0.1) is 0 Å². The molecule has 2 atom stereocenters. The van der Waals surface area contributed by atoms with E-state index >= 15 is 0 Å². The third-order valence-electron chi connectivity index (χ3n) is 3.33. The maximum Gasteiger partial charge on any atom is 0.123 e. The number of aromatic nitrogens is 2. The molecule has 0 saturated heterocycles. The van der Waals surface area contributed by atoms with Crippen molar-refractivity contribution < 1.29 is 4.74 Å². The minimum atomic E-state index is 0.214. The molecule has 2 aromatic rings. The van der Waals surface area contributed by atoms with Crippen LogP contribution in [0.15, 0.2) is 36.7 Å². The number of ether oxygens (including phenoxy) is 1. The average Bonchev–Trinajstić information content (AvgIpc) is 2.85. The van der Waals surface area contributed by atoms with Crippen LogP contribution in [0.1, 0.15) is 37.1 Å². The fourth-order valence-electron chi connectivity index (χ4n) is 2.25. The molecule has 0 amide bonds. The molecule has 2 unspecified atom stereocenters. The van der Waals surface area contributed by atoms with Crippen LogP contribution in [0.2, 0.25) is 0 Å². The van der Waals surface area contributed by atoms with Gasteiger partial charge in [-0.05, 0) is 19.9 Å². The zero-order chi connectivity index (χ0) is 13.8. The first-order valence-corrected chi connectivity index (χ1v) is 6.49. The predicted octanol–water partition coefficient (Wildman–Crippen LogP) is 2.84. The highest BCUT2D eigenvalue weighted by Crippen LogP contribution is 2.26. The van der Waals surface area contributed by atoms with Gasteiger partial charge in [-0.25, -0.2) is 0 Å². The number of nitrogens with one attached hydrogen (secondary N) is 1. The number of para-hydroxylation sites is 1. The van der Waals surface area contributed by atoms with Gasteiger partial charge in [0.05, 0.1) is 13.3 Å². The van der Waals surface area contributed by atoms with E-state index in [0.29, 0.717) is 0 Å². The Hall–Kier alpha value is -1.81. The van der Waals surface area contributed by atoms with E-state index in [4.69, 9.17) is 4.74 Å². The van der Waals surface area contributed by atoms with E-state index in [-0.39, 0.29) is 12.1 Å². The van der Waals surface area contributed by atoms with Crippen LogP contribution in [0.3, 0.4) is 0 Å². The fourth-order valence-corrected chi connectivity index (χ4v) is 2.25. The number of aryl methyl sites for hydroxylation is 1. The summed E-state index contributed by atoms with van der Waals surface area (Å²) in [4.78, 5) is 0. The average molecular weight is 259 g/mol. The zero-order valence-corrected chi connectivity index (χ0v) is 11.9. The van der Waals surface area contributed by atoms with Crippen LogP contribution >= 0.6 is 0 Å². The normalized spacial score (nSPS) is 14.1. The van der Waals surface area contributed by atoms with Gasteiger partial charge >= 0.3 is 0 Å². The van der Waals surface area contributed by atoms with Gasteiger partial charge in [0.25, 0.3) is 0 Å². The lowest BCUT2D eigenvalue weighted by Crippen LogP contribution is -2.22. The van der Waals surface area contributed by atoms with Gasteiger partial charge in [-0.2, -0.15) is 5.10 Å². The van der Waals surface area contributed by atoms with Crippen molar-refractivity contribution in [1.29, 1.82) is 0 Å². The minimum absolute atomic E-state index is 0.214. The first-order valence-electron chi connectivity index (χ1n) is 6.49. The van der Waals surface area contributed by atoms with Gasteiger partial charge in [0, 0.05) is 36.5 Å². The van der Waals surface area contributed by atoms with E-state index in [1.54, 1.807) is 7.11 Å². The molecular weight excluding hydrogens is 238 g/mol. The lowest BCUT2D eigenvalue weighted by Gasteiger charge is -2.21. The largest absolute Gasteiger partial charge is 0.496 e. The first kappa shape index (κ1) is 13.6. The fraction of sp³-hybridized carbons (Fsp3) is 0.400. The number of benzene rings is 1. The molecule has 1 aromatic heterocycles. The molecule has 4 heteroatoms. The number of nitrogens with zero attached hydrogens (tertiary/aromatic N) is 2. The van der Waals surface area contributed by atoms with Crippen molar-refractivity contribution in [3.63, 3.8) is 0 Å². The Labute approximate surface area is 114 Å². The predicted molar refractivity (Wildman–Crippen MR) is 76.2 cm³/mol. The highest BCUT2D eigenvalue weighted by molar-refractivity contribution is 5.35. The highest BCUT2D eigenvalue weighted by atomic mass is 16.5. The summed E-state index contributed by atoms with van der Waals surface area (Å²) in [6.45, 7) is 4.29. The van der Waals surface area contributed by atoms with E-state index in [2.05, 4.69) is 30.3 Å². The Morgan fingerprint density at radius 2 is 1.95 bits per heavy atom. The third-order valence-corrected chi connectivity index (χ3v) is 3.33. The van der Waals surface area contributed by atoms with Gasteiger partial charge in [-0.1, -0.05) is 18.2 Å². The van der Waals surface area contributed by atoms with Crippen molar-refractivity contribution >= 4 is 0 Å². The Bertz CT molecular complexity index is 536. The lowest BCUT2D eigenvalue weighted by molar-refractivity contribution is 0.396. The molecule has 0 saturated carbocycles. The molecule has 1 N–H and O–H groups in total. The van der Waals surface area contributed by atoms with Gasteiger partial charge in [0.15, 0.2) is 0 Å². The van der Waals surface area contributed by atoms with Gasteiger partial charge in [0.1, 0.15) is 5.75 Å². The standard InChI is InChI=1S/C15H21N3O/c1-11(13-9-16-18(3)10-13)17-12(2)14-7-5-6-8-15(14)19-4/h5-12,17H,1-4H3. The number of hydrogen-bond donors (Lipinski definition) is 1. The Balaban J connectivity index is 2.10. The summed E-state index contributed by atoms with van der Waals surface area (Å²) in [7, 11) is 3.63. The summed E-state index contributed by atoms with van der Waals surface area (Å²) < 4.78 is 7.22. The number of rotatable bonds is 5.